The van der Waals surface area contributed by atoms with E-state index in [2.05, 4.69) is 11.8 Å². The predicted octanol–water partition coefficient (Wildman–Crippen LogP) is 2.17. The molecular formula is C8H11. The maximum atomic E-state index is 5.35. The summed E-state index contributed by atoms with van der Waals surface area (Å²) in [7, 11) is 0. The molecule has 43 valence electrons. The van der Waals surface area contributed by atoms with Crippen molar-refractivity contribution in [1.82, 2.24) is 0 Å². The van der Waals surface area contributed by atoms with E-state index in [1.54, 1.807) is 0 Å². The van der Waals surface area contributed by atoms with Gasteiger partial charge in [-0.3, -0.25) is 0 Å². The molecule has 0 atom stereocenters. The summed E-state index contributed by atoms with van der Waals surface area (Å²) in [5, 5.41) is 0. The maximum absolute atomic E-state index is 5.35. The molecule has 0 heteroatoms. The number of hydrogen-bond donors (Lipinski definition) is 0. The smallest absolute Gasteiger partial charge is 0.0299 e. The van der Waals surface area contributed by atoms with Crippen LogP contribution in [0, 0.1) is 18.4 Å². The average molecular weight is 107 g/mol. The van der Waals surface area contributed by atoms with Gasteiger partial charge in [-0.1, -0.05) is 25.0 Å². The van der Waals surface area contributed by atoms with Crippen LogP contribution in [0.15, 0.2) is 5.57 Å². The molecule has 0 fully saturated rings. The largest absolute Gasteiger partial charge is 0.103 e. The molecule has 0 nitrogen and oxygen atoms in total. The molecule has 0 heterocycles. The highest BCUT2D eigenvalue weighted by Gasteiger charge is 1.74. The zero-order valence-corrected chi connectivity index (χ0v) is 5.49. The second-order valence-corrected chi connectivity index (χ2v) is 1.73. The molecule has 0 aromatic carbocycles. The van der Waals surface area contributed by atoms with E-state index in [1.165, 1.54) is 0 Å². The van der Waals surface area contributed by atoms with Crippen molar-refractivity contribution in [3.63, 3.8) is 0 Å². The zero-order valence-electron chi connectivity index (χ0n) is 5.49. The highest BCUT2D eigenvalue weighted by atomic mass is 13.8. The van der Waals surface area contributed by atoms with E-state index < -0.39 is 0 Å². The molecule has 1 radical (unpaired) electrons. The Kier molecular flexibility index (Phi) is 4.07. The first-order chi connectivity index (χ1) is 3.77. The van der Waals surface area contributed by atoms with Crippen molar-refractivity contribution in [1.29, 1.82) is 0 Å². The van der Waals surface area contributed by atoms with Gasteiger partial charge >= 0.3 is 0 Å². The van der Waals surface area contributed by atoms with Crippen molar-refractivity contribution < 1.29 is 0 Å². The van der Waals surface area contributed by atoms with Crippen LogP contribution in [0.2, 0.25) is 0 Å². The minimum atomic E-state index is 0.744. The molecule has 8 heavy (non-hydrogen) atoms. The molecule has 0 amide bonds. The van der Waals surface area contributed by atoms with Gasteiger partial charge in [-0.25, -0.2) is 0 Å². The fourth-order valence-corrected chi connectivity index (χ4v) is 0.327. The molecule has 0 bridgehead atoms. The summed E-state index contributed by atoms with van der Waals surface area (Å²) in [5.74, 6) is 5.85. The van der Waals surface area contributed by atoms with E-state index in [4.69, 9.17) is 6.58 Å². The van der Waals surface area contributed by atoms with Gasteiger partial charge in [0.2, 0.25) is 0 Å². The van der Waals surface area contributed by atoms with Gasteiger partial charge in [0, 0.05) is 12.8 Å². The normalized spacial score (nSPS) is 7.25. The molecule has 0 saturated heterocycles. The number of rotatable bonds is 1. The van der Waals surface area contributed by atoms with Gasteiger partial charge in [0.05, 0.1) is 0 Å². The van der Waals surface area contributed by atoms with Gasteiger partial charge in [-0.15, -0.1) is 5.92 Å². The molecule has 0 aliphatic carbocycles. The molecule has 0 aliphatic heterocycles. The van der Waals surface area contributed by atoms with Crippen molar-refractivity contribution in [3.05, 3.63) is 12.2 Å². The van der Waals surface area contributed by atoms with Crippen LogP contribution >= 0.6 is 0 Å². The zero-order chi connectivity index (χ0) is 6.41. The SMILES string of the molecule is [CH]=C(C)CC#CCC. The first-order valence-corrected chi connectivity index (χ1v) is 2.81. The predicted molar refractivity (Wildman–Crippen MR) is 36.2 cm³/mol. The summed E-state index contributed by atoms with van der Waals surface area (Å²) >= 11 is 0. The Balaban J connectivity index is 3.29. The molecule has 0 aromatic rings. The van der Waals surface area contributed by atoms with Crippen molar-refractivity contribution in [3.8, 4) is 11.8 Å². The molecule has 0 aliphatic rings. The first kappa shape index (κ1) is 7.30. The van der Waals surface area contributed by atoms with Crippen LogP contribution in [-0.2, 0) is 0 Å². The summed E-state index contributed by atoms with van der Waals surface area (Å²) < 4.78 is 0. The quantitative estimate of drug-likeness (QED) is 0.450. The minimum absolute atomic E-state index is 0.744. The molecule has 0 aromatic heterocycles. The molecule has 0 spiro atoms. The number of allylic oxidation sites excluding steroid dienone is 1. The summed E-state index contributed by atoms with van der Waals surface area (Å²) in [4.78, 5) is 0. The van der Waals surface area contributed by atoms with Crippen LogP contribution in [0.1, 0.15) is 26.7 Å². The fourth-order valence-electron chi connectivity index (χ4n) is 0.327. The molecule has 0 rings (SSSR count). The van der Waals surface area contributed by atoms with Gasteiger partial charge in [0.25, 0.3) is 0 Å². The van der Waals surface area contributed by atoms with Crippen LogP contribution < -0.4 is 0 Å². The topological polar surface area (TPSA) is 0 Å². The van der Waals surface area contributed by atoms with Gasteiger partial charge < -0.3 is 0 Å². The van der Waals surface area contributed by atoms with Crippen LogP contribution in [0.3, 0.4) is 0 Å². The van der Waals surface area contributed by atoms with Crippen LogP contribution in [0.4, 0.5) is 0 Å². The summed E-state index contributed by atoms with van der Waals surface area (Å²) in [6.07, 6.45) is 1.67. The molecule has 0 N–H and O–H groups in total. The van der Waals surface area contributed by atoms with E-state index in [0.717, 1.165) is 18.4 Å². The highest BCUT2D eigenvalue weighted by Crippen LogP contribution is 1.90. The molecule has 0 saturated carbocycles. The lowest BCUT2D eigenvalue weighted by Gasteiger charge is -1.81. The summed E-state index contributed by atoms with van der Waals surface area (Å²) in [5.41, 5.74) is 0.894. The Morgan fingerprint density at radius 2 is 2.12 bits per heavy atom. The monoisotopic (exact) mass is 107 g/mol. The minimum Gasteiger partial charge on any atom is -0.103 e. The lowest BCUT2D eigenvalue weighted by molar-refractivity contribution is 1.23. The van der Waals surface area contributed by atoms with Gasteiger partial charge in [0.15, 0.2) is 0 Å². The van der Waals surface area contributed by atoms with Crippen molar-refractivity contribution in [2.75, 3.05) is 0 Å². The summed E-state index contributed by atoms with van der Waals surface area (Å²) in [6.45, 7) is 9.25. The summed E-state index contributed by atoms with van der Waals surface area (Å²) in [6, 6.07) is 0. The Morgan fingerprint density at radius 1 is 1.50 bits per heavy atom. The van der Waals surface area contributed by atoms with Crippen molar-refractivity contribution >= 4 is 0 Å². The van der Waals surface area contributed by atoms with E-state index in [9.17, 15) is 0 Å². The molecule has 0 unspecified atom stereocenters. The standard InChI is InChI=1S/C8H11/c1-4-5-6-7-8(2)3/h2H,4,7H2,1,3H3. The van der Waals surface area contributed by atoms with Gasteiger partial charge in [-0.2, -0.15) is 0 Å². The third-order valence-electron chi connectivity index (χ3n) is 0.669. The van der Waals surface area contributed by atoms with Gasteiger partial charge in [0.1, 0.15) is 0 Å². The lowest BCUT2D eigenvalue weighted by atomic mass is 10.2. The Labute approximate surface area is 51.6 Å². The van der Waals surface area contributed by atoms with Crippen LogP contribution in [0.5, 0.6) is 0 Å². The van der Waals surface area contributed by atoms with Gasteiger partial charge in [-0.05, 0) is 6.92 Å². The third kappa shape index (κ3) is 5.30. The number of hydrogen-bond acceptors (Lipinski definition) is 0. The Bertz CT molecular complexity index is 121. The van der Waals surface area contributed by atoms with Crippen molar-refractivity contribution in [2.24, 2.45) is 0 Å². The van der Waals surface area contributed by atoms with Crippen LogP contribution in [-0.4, -0.2) is 0 Å². The van der Waals surface area contributed by atoms with E-state index in [1.807, 2.05) is 13.8 Å². The molecular weight excluding hydrogens is 96.1 g/mol. The Morgan fingerprint density at radius 3 is 2.50 bits per heavy atom. The van der Waals surface area contributed by atoms with E-state index in [0.29, 0.717) is 0 Å². The van der Waals surface area contributed by atoms with Crippen molar-refractivity contribution in [2.45, 2.75) is 26.7 Å². The first-order valence-electron chi connectivity index (χ1n) is 2.81. The van der Waals surface area contributed by atoms with E-state index >= 15 is 0 Å². The fraction of sp³-hybridized carbons (Fsp3) is 0.500. The Hall–Kier alpha value is -0.700. The second-order valence-electron chi connectivity index (χ2n) is 1.73. The van der Waals surface area contributed by atoms with Crippen LogP contribution in [0.25, 0.3) is 0 Å². The average Bonchev–Trinajstić information content (AvgIpc) is 1.66. The third-order valence-corrected chi connectivity index (χ3v) is 0.669. The highest BCUT2D eigenvalue weighted by molar-refractivity contribution is 5.06. The lowest BCUT2D eigenvalue weighted by Crippen LogP contribution is -1.66. The van der Waals surface area contributed by atoms with E-state index in [-0.39, 0.29) is 0 Å². The maximum Gasteiger partial charge on any atom is 0.0299 e. The second kappa shape index (κ2) is 4.46.